The normalized spacial score (nSPS) is 17.0. The second-order valence-corrected chi connectivity index (χ2v) is 9.20. The molecule has 1 unspecified atom stereocenters. The summed E-state index contributed by atoms with van der Waals surface area (Å²) >= 11 is 6.73. The highest BCUT2D eigenvalue weighted by molar-refractivity contribution is 6.36. The minimum absolute atomic E-state index is 0.653. The second kappa shape index (κ2) is 8.97. The molecule has 0 spiro atoms. The molecule has 1 fully saturated rings. The van der Waals surface area contributed by atoms with Crippen LogP contribution in [0.4, 0.5) is 0 Å². The molecular weight excluding hydrogens is 418 g/mol. The maximum atomic E-state index is 6.73. The highest BCUT2D eigenvalue weighted by Crippen LogP contribution is 2.37. The van der Waals surface area contributed by atoms with E-state index in [1.165, 1.54) is 24.9 Å². The lowest BCUT2D eigenvalue weighted by molar-refractivity contribution is 0.196. The summed E-state index contributed by atoms with van der Waals surface area (Å²) < 4.78 is 7.68. The van der Waals surface area contributed by atoms with Gasteiger partial charge < -0.3 is 14.2 Å². The number of likely N-dealkylation sites (tertiary alicyclic amines) is 1. The molecular formula is C27H28ClN3O. The molecule has 5 heteroatoms. The van der Waals surface area contributed by atoms with E-state index < -0.39 is 0 Å². The Balaban J connectivity index is 1.55. The Bertz CT molecular complexity index is 1230. The van der Waals surface area contributed by atoms with E-state index in [0.717, 1.165) is 51.5 Å². The van der Waals surface area contributed by atoms with Gasteiger partial charge in [0.15, 0.2) is 0 Å². The molecule has 1 atom stereocenters. The molecule has 4 aromatic rings. The number of hydrogen-bond donors (Lipinski definition) is 0. The number of halogens is 1. The van der Waals surface area contributed by atoms with E-state index in [1.54, 1.807) is 7.11 Å². The van der Waals surface area contributed by atoms with Crippen molar-refractivity contribution < 1.29 is 4.74 Å². The highest BCUT2D eigenvalue weighted by Gasteiger charge is 2.20. The predicted octanol–water partition coefficient (Wildman–Crippen LogP) is 6.37. The molecule has 32 heavy (non-hydrogen) atoms. The summed E-state index contributed by atoms with van der Waals surface area (Å²) in [5.74, 6) is 1.50. The van der Waals surface area contributed by atoms with Crippen LogP contribution in [0, 0.1) is 5.92 Å². The van der Waals surface area contributed by atoms with Crippen LogP contribution in [0.15, 0.2) is 67.1 Å². The van der Waals surface area contributed by atoms with Crippen molar-refractivity contribution in [1.82, 2.24) is 14.5 Å². The molecule has 164 valence electrons. The molecule has 0 radical (unpaired) electrons. The van der Waals surface area contributed by atoms with Gasteiger partial charge in [-0.25, -0.2) is 0 Å². The molecule has 0 bridgehead atoms. The van der Waals surface area contributed by atoms with E-state index in [4.69, 9.17) is 16.3 Å². The molecule has 1 aliphatic heterocycles. The summed E-state index contributed by atoms with van der Waals surface area (Å²) in [6, 6.07) is 16.5. The molecule has 2 aromatic carbocycles. The van der Waals surface area contributed by atoms with Crippen LogP contribution in [0.1, 0.15) is 12.8 Å². The van der Waals surface area contributed by atoms with Crippen molar-refractivity contribution in [3.63, 3.8) is 0 Å². The summed E-state index contributed by atoms with van der Waals surface area (Å²) in [6.45, 7) is 3.35. The number of benzene rings is 2. The standard InChI is InChI=1S/C27H28ClN3O/c1-30-12-4-5-19(16-30)17-31-18-24(27-25(28)6-3-7-26(27)31)22-13-21(14-29-15-22)20-8-10-23(32-2)11-9-20/h3,6-11,13-15,18-19H,4-5,12,16-17H2,1-2H3. The summed E-state index contributed by atoms with van der Waals surface area (Å²) in [4.78, 5) is 7.00. The number of nitrogens with zero attached hydrogens (tertiary/aromatic N) is 3. The Morgan fingerprint density at radius 3 is 2.66 bits per heavy atom. The van der Waals surface area contributed by atoms with Crippen LogP contribution in [-0.4, -0.2) is 41.7 Å². The molecule has 5 rings (SSSR count). The number of aromatic nitrogens is 2. The quantitative estimate of drug-likeness (QED) is 0.357. The Hall–Kier alpha value is -2.82. The van der Waals surface area contributed by atoms with Gasteiger partial charge >= 0.3 is 0 Å². The fourth-order valence-corrected chi connectivity index (χ4v) is 5.18. The van der Waals surface area contributed by atoms with Crippen LogP contribution in [-0.2, 0) is 6.54 Å². The Kier molecular flexibility index (Phi) is 5.90. The first-order valence-corrected chi connectivity index (χ1v) is 11.6. The molecule has 0 aliphatic carbocycles. The molecule has 1 aliphatic rings. The predicted molar refractivity (Wildman–Crippen MR) is 132 cm³/mol. The molecule has 0 amide bonds. The maximum Gasteiger partial charge on any atom is 0.118 e. The number of pyridine rings is 1. The lowest BCUT2D eigenvalue weighted by Crippen LogP contribution is -2.33. The summed E-state index contributed by atoms with van der Waals surface area (Å²) in [7, 11) is 3.90. The average molecular weight is 446 g/mol. The largest absolute Gasteiger partial charge is 0.497 e. The third-order valence-corrected chi connectivity index (χ3v) is 6.82. The van der Waals surface area contributed by atoms with Crippen molar-refractivity contribution in [2.24, 2.45) is 5.92 Å². The minimum Gasteiger partial charge on any atom is -0.497 e. The van der Waals surface area contributed by atoms with E-state index in [1.807, 2.05) is 36.7 Å². The lowest BCUT2D eigenvalue weighted by Gasteiger charge is -2.30. The van der Waals surface area contributed by atoms with E-state index in [2.05, 4.69) is 52.0 Å². The van der Waals surface area contributed by atoms with Crippen molar-refractivity contribution >= 4 is 22.5 Å². The van der Waals surface area contributed by atoms with Crippen LogP contribution in [0.5, 0.6) is 5.75 Å². The van der Waals surface area contributed by atoms with Crippen LogP contribution < -0.4 is 4.74 Å². The van der Waals surface area contributed by atoms with Gasteiger partial charge in [-0.2, -0.15) is 0 Å². The zero-order valence-corrected chi connectivity index (χ0v) is 19.3. The molecule has 1 saturated heterocycles. The van der Waals surface area contributed by atoms with Gasteiger partial charge in [-0.3, -0.25) is 4.98 Å². The van der Waals surface area contributed by atoms with Crippen molar-refractivity contribution in [2.45, 2.75) is 19.4 Å². The van der Waals surface area contributed by atoms with Crippen molar-refractivity contribution in [2.75, 3.05) is 27.2 Å². The van der Waals surface area contributed by atoms with Crippen molar-refractivity contribution in [3.8, 4) is 28.0 Å². The van der Waals surface area contributed by atoms with Crippen LogP contribution in [0.3, 0.4) is 0 Å². The highest BCUT2D eigenvalue weighted by atomic mass is 35.5. The van der Waals surface area contributed by atoms with Crippen LogP contribution >= 0.6 is 11.6 Å². The third kappa shape index (κ3) is 4.13. The number of fused-ring (bicyclic) bond motifs is 1. The molecule has 4 nitrogen and oxygen atoms in total. The molecule has 0 saturated carbocycles. The Morgan fingerprint density at radius 1 is 1.06 bits per heavy atom. The van der Waals surface area contributed by atoms with Gasteiger partial charge in [-0.15, -0.1) is 0 Å². The van der Waals surface area contributed by atoms with Gasteiger partial charge in [-0.1, -0.05) is 29.8 Å². The monoisotopic (exact) mass is 445 g/mol. The number of ether oxygens (including phenoxy) is 1. The summed E-state index contributed by atoms with van der Waals surface area (Å²) in [5.41, 5.74) is 5.59. The lowest BCUT2D eigenvalue weighted by atomic mass is 9.98. The number of methoxy groups -OCH3 is 1. The van der Waals surface area contributed by atoms with E-state index in [0.29, 0.717) is 5.92 Å². The minimum atomic E-state index is 0.653. The van der Waals surface area contributed by atoms with Crippen LogP contribution in [0.25, 0.3) is 33.2 Å². The van der Waals surface area contributed by atoms with E-state index >= 15 is 0 Å². The van der Waals surface area contributed by atoms with Gasteiger partial charge in [0.05, 0.1) is 17.6 Å². The van der Waals surface area contributed by atoms with Gasteiger partial charge in [0.1, 0.15) is 5.75 Å². The van der Waals surface area contributed by atoms with Gasteiger partial charge in [0, 0.05) is 53.8 Å². The fraction of sp³-hybridized carbons (Fsp3) is 0.296. The van der Waals surface area contributed by atoms with Gasteiger partial charge in [0.2, 0.25) is 0 Å². The molecule has 0 N–H and O–H groups in total. The summed E-state index contributed by atoms with van der Waals surface area (Å²) in [5, 5.41) is 1.89. The van der Waals surface area contributed by atoms with E-state index in [9.17, 15) is 0 Å². The topological polar surface area (TPSA) is 30.3 Å². The smallest absolute Gasteiger partial charge is 0.118 e. The fourth-order valence-electron chi connectivity index (χ4n) is 4.91. The van der Waals surface area contributed by atoms with Crippen LogP contribution in [0.2, 0.25) is 5.02 Å². The van der Waals surface area contributed by atoms with Gasteiger partial charge in [-0.05, 0) is 68.2 Å². The first kappa shape index (κ1) is 21.0. The van der Waals surface area contributed by atoms with Gasteiger partial charge in [0.25, 0.3) is 0 Å². The van der Waals surface area contributed by atoms with Crippen molar-refractivity contribution in [3.05, 3.63) is 72.1 Å². The zero-order valence-electron chi connectivity index (χ0n) is 18.6. The number of hydrogen-bond acceptors (Lipinski definition) is 3. The number of piperidine rings is 1. The van der Waals surface area contributed by atoms with Crippen molar-refractivity contribution in [1.29, 1.82) is 0 Å². The van der Waals surface area contributed by atoms with E-state index in [-0.39, 0.29) is 0 Å². The summed E-state index contributed by atoms with van der Waals surface area (Å²) in [6.07, 6.45) is 8.64. The second-order valence-electron chi connectivity index (χ2n) is 8.79. The Morgan fingerprint density at radius 2 is 1.88 bits per heavy atom. The molecule has 3 heterocycles. The maximum absolute atomic E-state index is 6.73. The Labute approximate surface area is 194 Å². The number of rotatable bonds is 5. The third-order valence-electron chi connectivity index (χ3n) is 6.50. The zero-order chi connectivity index (χ0) is 22.1. The first-order chi connectivity index (χ1) is 15.6. The molecule has 2 aromatic heterocycles. The SMILES string of the molecule is COc1ccc(-c2cncc(-c3cn(CC4CCCN(C)C4)c4cccc(Cl)c34)c2)cc1. The first-order valence-electron chi connectivity index (χ1n) is 11.2. The average Bonchev–Trinajstić information content (AvgIpc) is 3.19.